The van der Waals surface area contributed by atoms with Crippen molar-refractivity contribution in [3.05, 3.63) is 70.6 Å². The number of aromatic nitrogens is 3. The first-order valence-electron chi connectivity index (χ1n) is 11.2. The van der Waals surface area contributed by atoms with Crippen molar-refractivity contribution in [2.45, 2.75) is 45.2 Å². The van der Waals surface area contributed by atoms with Crippen molar-refractivity contribution < 1.29 is 26.8 Å². The van der Waals surface area contributed by atoms with Crippen LogP contribution in [0, 0.1) is 12.7 Å². The van der Waals surface area contributed by atoms with E-state index in [0.717, 1.165) is 11.3 Å². The number of oxazole rings is 1. The summed E-state index contributed by atoms with van der Waals surface area (Å²) in [4.78, 5) is 18.5. The molecule has 0 aliphatic heterocycles. The first-order valence-corrected chi connectivity index (χ1v) is 11.2. The van der Waals surface area contributed by atoms with Crippen LogP contribution in [0.2, 0.25) is 0 Å². The van der Waals surface area contributed by atoms with E-state index in [-0.39, 0.29) is 22.7 Å². The fourth-order valence-electron chi connectivity index (χ4n) is 4.75. The van der Waals surface area contributed by atoms with Gasteiger partial charge in [-0.25, -0.2) is 14.1 Å². The van der Waals surface area contributed by atoms with E-state index in [1.54, 1.807) is 19.1 Å². The number of halogens is 4. The lowest BCUT2D eigenvalue weighted by Crippen LogP contribution is -2.27. The first-order chi connectivity index (χ1) is 16.5. The summed E-state index contributed by atoms with van der Waals surface area (Å²) in [6.45, 7) is 3.51. The number of fused-ring (bicyclic) bond motifs is 2. The molecule has 0 radical (unpaired) electrons. The summed E-state index contributed by atoms with van der Waals surface area (Å²) in [6, 6.07) is 8.77. The highest BCUT2D eigenvalue weighted by Crippen LogP contribution is 2.41. The Kier molecular flexibility index (Phi) is 5.41. The molecule has 0 saturated carbocycles. The van der Waals surface area contributed by atoms with Crippen LogP contribution in [0.5, 0.6) is 0 Å². The highest BCUT2D eigenvalue weighted by Gasteiger charge is 2.41. The van der Waals surface area contributed by atoms with Crippen LogP contribution < -0.4 is 4.90 Å². The third-order valence-corrected chi connectivity index (χ3v) is 6.39. The Morgan fingerprint density at radius 3 is 2.74 bits per heavy atom. The van der Waals surface area contributed by atoms with Crippen molar-refractivity contribution in [1.29, 1.82) is 0 Å². The Labute approximate surface area is 198 Å². The molecule has 2 aromatic carbocycles. The zero-order chi connectivity index (χ0) is 25.1. The molecule has 6 nitrogen and oxygen atoms in total. The van der Waals surface area contributed by atoms with Gasteiger partial charge in [-0.3, -0.25) is 4.79 Å². The molecule has 2 aromatic heterocycles. The molecular weight excluding hydrogens is 464 g/mol. The van der Waals surface area contributed by atoms with Gasteiger partial charge in [0.1, 0.15) is 11.3 Å². The number of carbonyl (C=O) groups excluding carboxylic acids is 1. The molecule has 1 atom stereocenters. The second kappa shape index (κ2) is 8.21. The third kappa shape index (κ3) is 3.96. The zero-order valence-corrected chi connectivity index (χ0v) is 19.3. The summed E-state index contributed by atoms with van der Waals surface area (Å²) in [7, 11) is 1.42. The molecule has 1 amide bonds. The Morgan fingerprint density at radius 1 is 1.23 bits per heavy atom. The molecule has 2 heterocycles. The highest BCUT2D eigenvalue weighted by atomic mass is 19.4. The molecule has 1 unspecified atom stereocenters. The van der Waals surface area contributed by atoms with E-state index in [9.17, 15) is 22.4 Å². The Hall–Kier alpha value is -3.69. The minimum absolute atomic E-state index is 0.00602. The fraction of sp³-hybridized carbons (Fsp3) is 0.320. The molecule has 35 heavy (non-hydrogen) atoms. The molecule has 5 rings (SSSR count). The molecular formula is C25H22F4N4O2. The summed E-state index contributed by atoms with van der Waals surface area (Å²) >= 11 is 0. The van der Waals surface area contributed by atoms with Gasteiger partial charge >= 0.3 is 6.18 Å². The van der Waals surface area contributed by atoms with Gasteiger partial charge < -0.3 is 9.32 Å². The standard InChI is InChI=1S/C25H22F4N4O2/c1-13-6-4-9-17-22(13)33(31-23(17)25(27,28)29)16-8-5-7-15(10-16)24(34)32(3)20-12-21-19(11-18(20)26)30-14(2)35-21/h5,7-8,10-13H,4,6,9H2,1-3H3. The van der Waals surface area contributed by atoms with Gasteiger partial charge in [0, 0.05) is 37.2 Å². The zero-order valence-electron chi connectivity index (χ0n) is 19.3. The van der Waals surface area contributed by atoms with Gasteiger partial charge in [-0.2, -0.15) is 18.3 Å². The lowest BCUT2D eigenvalue weighted by Gasteiger charge is -2.22. The average Bonchev–Trinajstić information content (AvgIpc) is 3.38. The Balaban J connectivity index is 1.54. The van der Waals surface area contributed by atoms with Gasteiger partial charge in [-0.15, -0.1) is 0 Å². The van der Waals surface area contributed by atoms with Crippen LogP contribution >= 0.6 is 0 Å². The summed E-state index contributed by atoms with van der Waals surface area (Å²) in [5.74, 6) is -0.933. The van der Waals surface area contributed by atoms with Gasteiger partial charge in [0.15, 0.2) is 17.2 Å². The molecule has 0 spiro atoms. The van der Waals surface area contributed by atoms with Crippen molar-refractivity contribution >= 4 is 22.7 Å². The second-order valence-corrected chi connectivity index (χ2v) is 8.83. The number of aryl methyl sites for hydroxylation is 1. The summed E-state index contributed by atoms with van der Waals surface area (Å²) < 4.78 is 62.6. The van der Waals surface area contributed by atoms with Gasteiger partial charge in [-0.1, -0.05) is 13.0 Å². The molecule has 4 aromatic rings. The van der Waals surface area contributed by atoms with Crippen LogP contribution in [0.1, 0.15) is 58.9 Å². The van der Waals surface area contributed by atoms with Crippen LogP contribution in [-0.2, 0) is 12.6 Å². The van der Waals surface area contributed by atoms with E-state index in [2.05, 4.69) is 10.1 Å². The summed E-state index contributed by atoms with van der Waals surface area (Å²) in [5, 5.41) is 3.93. The SMILES string of the molecule is Cc1nc2cc(F)c(N(C)C(=O)c3cccc(-n4nc(C(F)(F)F)c5c4C(C)CCC5)c3)cc2o1. The monoisotopic (exact) mass is 486 g/mol. The number of rotatable bonds is 3. The maximum absolute atomic E-state index is 14.7. The van der Waals surface area contributed by atoms with Crippen molar-refractivity contribution in [1.82, 2.24) is 14.8 Å². The molecule has 0 N–H and O–H groups in total. The van der Waals surface area contributed by atoms with E-state index in [1.165, 1.54) is 36.0 Å². The van der Waals surface area contributed by atoms with Crippen molar-refractivity contribution in [3.8, 4) is 5.69 Å². The quantitative estimate of drug-likeness (QED) is 0.324. The first kappa shape index (κ1) is 23.1. The largest absolute Gasteiger partial charge is 0.441 e. The molecule has 1 aliphatic carbocycles. The fourth-order valence-corrected chi connectivity index (χ4v) is 4.75. The molecule has 1 aliphatic rings. The topological polar surface area (TPSA) is 64.2 Å². The van der Waals surface area contributed by atoms with Gasteiger partial charge in [-0.05, 0) is 43.4 Å². The number of nitrogens with zero attached hydrogens (tertiary/aromatic N) is 4. The van der Waals surface area contributed by atoms with Crippen LogP contribution in [-0.4, -0.2) is 27.7 Å². The number of hydrogen-bond acceptors (Lipinski definition) is 4. The lowest BCUT2D eigenvalue weighted by molar-refractivity contribution is -0.142. The van der Waals surface area contributed by atoms with E-state index in [0.29, 0.717) is 41.2 Å². The van der Waals surface area contributed by atoms with Gasteiger partial charge in [0.25, 0.3) is 5.91 Å². The molecule has 0 saturated heterocycles. The smallest absolute Gasteiger partial charge is 0.435 e. The van der Waals surface area contributed by atoms with E-state index >= 15 is 0 Å². The number of hydrogen-bond donors (Lipinski definition) is 0. The molecule has 0 fully saturated rings. The summed E-state index contributed by atoms with van der Waals surface area (Å²) in [5.41, 5.74) is 1.03. The van der Waals surface area contributed by atoms with Crippen molar-refractivity contribution in [2.75, 3.05) is 11.9 Å². The Morgan fingerprint density at radius 2 is 2.00 bits per heavy atom. The van der Waals surface area contributed by atoms with Crippen LogP contribution in [0.3, 0.4) is 0 Å². The van der Waals surface area contributed by atoms with Crippen LogP contribution in [0.15, 0.2) is 40.8 Å². The number of carbonyl (C=O) groups is 1. The van der Waals surface area contributed by atoms with Gasteiger partial charge in [0.05, 0.1) is 17.1 Å². The van der Waals surface area contributed by atoms with Crippen molar-refractivity contribution in [2.24, 2.45) is 0 Å². The predicted molar refractivity (Wildman–Crippen MR) is 121 cm³/mol. The summed E-state index contributed by atoms with van der Waals surface area (Å²) in [6.07, 6.45) is -2.86. The van der Waals surface area contributed by atoms with Crippen molar-refractivity contribution in [3.63, 3.8) is 0 Å². The van der Waals surface area contributed by atoms with Crippen LogP contribution in [0.25, 0.3) is 16.8 Å². The maximum Gasteiger partial charge on any atom is 0.435 e. The minimum Gasteiger partial charge on any atom is -0.441 e. The highest BCUT2D eigenvalue weighted by molar-refractivity contribution is 6.06. The van der Waals surface area contributed by atoms with E-state index in [1.807, 2.05) is 6.92 Å². The second-order valence-electron chi connectivity index (χ2n) is 8.83. The number of amides is 1. The molecule has 10 heteroatoms. The number of anilines is 1. The van der Waals surface area contributed by atoms with E-state index in [4.69, 9.17) is 4.42 Å². The van der Waals surface area contributed by atoms with Gasteiger partial charge in [0.2, 0.25) is 0 Å². The van der Waals surface area contributed by atoms with E-state index < -0.39 is 23.6 Å². The van der Waals surface area contributed by atoms with Crippen LogP contribution in [0.4, 0.5) is 23.2 Å². The average molecular weight is 486 g/mol. The minimum atomic E-state index is -4.57. The maximum atomic E-state index is 14.7. The molecule has 182 valence electrons. The third-order valence-electron chi connectivity index (χ3n) is 6.39. The number of benzene rings is 2. The molecule has 0 bridgehead atoms. The lowest BCUT2D eigenvalue weighted by atomic mass is 9.87. The predicted octanol–water partition coefficient (Wildman–Crippen LogP) is 6.20. The Bertz CT molecular complexity index is 1450. The normalized spacial score (nSPS) is 15.9. The number of alkyl halides is 3.